The number of aromatic nitrogens is 2. The summed E-state index contributed by atoms with van der Waals surface area (Å²) in [6, 6.07) is 10.1. The lowest BCUT2D eigenvalue weighted by Gasteiger charge is -2.16. The van der Waals surface area contributed by atoms with Gasteiger partial charge in [-0.15, -0.1) is 11.3 Å². The van der Waals surface area contributed by atoms with Crippen molar-refractivity contribution >= 4 is 28.7 Å². The second-order valence-electron chi connectivity index (χ2n) is 6.48. The van der Waals surface area contributed by atoms with E-state index in [1.165, 1.54) is 36.3 Å². The number of nitrogens with zero attached hydrogens (tertiary/aromatic N) is 3. The van der Waals surface area contributed by atoms with Gasteiger partial charge >= 0.3 is 0 Å². The van der Waals surface area contributed by atoms with E-state index in [0.717, 1.165) is 18.9 Å². The van der Waals surface area contributed by atoms with Gasteiger partial charge in [-0.3, -0.25) is 4.79 Å². The van der Waals surface area contributed by atoms with Crippen LogP contribution in [0.25, 0.3) is 10.6 Å². The van der Waals surface area contributed by atoms with Crippen LogP contribution in [-0.2, 0) is 11.2 Å². The van der Waals surface area contributed by atoms with Crippen LogP contribution >= 0.6 is 11.3 Å². The molecule has 0 spiro atoms. The Kier molecular flexibility index (Phi) is 5.11. The SMILES string of the molecule is O=C(Cc1csc(-c2cccc(F)c2)n1)Nc1ccc(N2CCCC2)nc1. The molecule has 1 aromatic carbocycles. The molecule has 0 atom stereocenters. The molecule has 0 aliphatic carbocycles. The van der Waals surface area contributed by atoms with Crippen LogP contribution in [0, 0.1) is 5.82 Å². The van der Waals surface area contributed by atoms with Gasteiger partial charge in [0.2, 0.25) is 5.91 Å². The fourth-order valence-corrected chi connectivity index (χ4v) is 3.92. The molecular formula is C20H19FN4OS. The zero-order valence-electron chi connectivity index (χ0n) is 14.7. The minimum atomic E-state index is -0.299. The van der Waals surface area contributed by atoms with E-state index in [0.29, 0.717) is 22.0 Å². The summed E-state index contributed by atoms with van der Waals surface area (Å²) in [7, 11) is 0. The second kappa shape index (κ2) is 7.84. The minimum absolute atomic E-state index is 0.151. The molecule has 1 N–H and O–H groups in total. The number of thiazole rings is 1. The van der Waals surface area contributed by atoms with Crippen LogP contribution in [0.4, 0.5) is 15.9 Å². The fraction of sp³-hybridized carbons (Fsp3) is 0.250. The predicted molar refractivity (Wildman–Crippen MR) is 106 cm³/mol. The highest BCUT2D eigenvalue weighted by Gasteiger charge is 2.14. The van der Waals surface area contributed by atoms with Gasteiger partial charge in [-0.2, -0.15) is 0 Å². The second-order valence-corrected chi connectivity index (χ2v) is 7.34. The van der Waals surface area contributed by atoms with Gasteiger partial charge in [0.15, 0.2) is 0 Å². The quantitative estimate of drug-likeness (QED) is 0.721. The van der Waals surface area contributed by atoms with Crippen molar-refractivity contribution in [2.75, 3.05) is 23.3 Å². The Bertz CT molecular complexity index is 935. The van der Waals surface area contributed by atoms with Crippen LogP contribution in [0.1, 0.15) is 18.5 Å². The van der Waals surface area contributed by atoms with Crippen LogP contribution in [0.5, 0.6) is 0 Å². The first kappa shape index (κ1) is 17.6. The van der Waals surface area contributed by atoms with Gasteiger partial charge in [0.25, 0.3) is 0 Å². The summed E-state index contributed by atoms with van der Waals surface area (Å²) in [6.45, 7) is 2.08. The van der Waals surface area contributed by atoms with Crippen molar-refractivity contribution in [1.82, 2.24) is 9.97 Å². The molecule has 138 valence electrons. The number of anilines is 2. The van der Waals surface area contributed by atoms with Gasteiger partial charge in [-0.05, 0) is 37.1 Å². The smallest absolute Gasteiger partial charge is 0.230 e. The molecule has 5 nitrogen and oxygen atoms in total. The molecule has 1 saturated heterocycles. The van der Waals surface area contributed by atoms with Gasteiger partial charge in [0.05, 0.1) is 24.0 Å². The van der Waals surface area contributed by atoms with E-state index in [9.17, 15) is 9.18 Å². The average molecular weight is 382 g/mol. The number of amides is 1. The number of hydrogen-bond acceptors (Lipinski definition) is 5. The fourth-order valence-electron chi connectivity index (χ4n) is 3.11. The van der Waals surface area contributed by atoms with Crippen molar-refractivity contribution < 1.29 is 9.18 Å². The number of nitrogens with one attached hydrogen (secondary N) is 1. The zero-order chi connectivity index (χ0) is 18.6. The van der Waals surface area contributed by atoms with E-state index in [1.807, 2.05) is 17.5 Å². The Balaban J connectivity index is 1.37. The highest BCUT2D eigenvalue weighted by Crippen LogP contribution is 2.25. The minimum Gasteiger partial charge on any atom is -0.357 e. The van der Waals surface area contributed by atoms with Crippen molar-refractivity contribution in [2.24, 2.45) is 0 Å². The van der Waals surface area contributed by atoms with Crippen LogP contribution in [0.2, 0.25) is 0 Å². The summed E-state index contributed by atoms with van der Waals surface area (Å²) < 4.78 is 13.3. The maximum absolute atomic E-state index is 13.3. The first-order chi connectivity index (χ1) is 13.2. The molecule has 3 aromatic rings. The molecule has 3 heterocycles. The molecule has 0 unspecified atom stereocenters. The lowest BCUT2D eigenvalue weighted by molar-refractivity contribution is -0.115. The van der Waals surface area contributed by atoms with Crippen LogP contribution in [0.3, 0.4) is 0 Å². The highest BCUT2D eigenvalue weighted by atomic mass is 32.1. The molecule has 1 amide bonds. The maximum Gasteiger partial charge on any atom is 0.230 e. The van der Waals surface area contributed by atoms with Crippen LogP contribution in [-0.4, -0.2) is 29.0 Å². The number of pyridine rings is 1. The molecule has 1 aliphatic rings. The third-order valence-electron chi connectivity index (χ3n) is 4.43. The van der Waals surface area contributed by atoms with Gasteiger partial charge in [0, 0.05) is 24.0 Å². The Hall–Kier alpha value is -2.80. The van der Waals surface area contributed by atoms with Gasteiger partial charge in [0.1, 0.15) is 16.6 Å². The molecule has 4 rings (SSSR count). The average Bonchev–Trinajstić information content (AvgIpc) is 3.34. The number of carbonyl (C=O) groups is 1. The first-order valence-electron chi connectivity index (χ1n) is 8.88. The van der Waals surface area contributed by atoms with E-state index in [2.05, 4.69) is 20.2 Å². The molecule has 7 heteroatoms. The van der Waals surface area contributed by atoms with E-state index >= 15 is 0 Å². The number of rotatable bonds is 5. The molecule has 1 aliphatic heterocycles. The predicted octanol–water partition coefficient (Wildman–Crippen LogP) is 4.13. The normalized spacial score (nSPS) is 13.7. The number of hydrogen-bond donors (Lipinski definition) is 1. The van der Waals surface area contributed by atoms with Crippen molar-refractivity contribution in [3.63, 3.8) is 0 Å². The summed E-state index contributed by atoms with van der Waals surface area (Å²) >= 11 is 1.40. The van der Waals surface area contributed by atoms with Crippen molar-refractivity contribution in [2.45, 2.75) is 19.3 Å². The van der Waals surface area contributed by atoms with Crippen molar-refractivity contribution in [1.29, 1.82) is 0 Å². The molecule has 0 bridgehead atoms. The van der Waals surface area contributed by atoms with Gasteiger partial charge in [-0.25, -0.2) is 14.4 Å². The Morgan fingerprint density at radius 3 is 2.81 bits per heavy atom. The van der Waals surface area contributed by atoms with E-state index in [-0.39, 0.29) is 18.1 Å². The van der Waals surface area contributed by atoms with Gasteiger partial charge in [-0.1, -0.05) is 12.1 Å². The number of carbonyl (C=O) groups excluding carboxylic acids is 1. The molecule has 0 radical (unpaired) electrons. The third-order valence-corrected chi connectivity index (χ3v) is 5.37. The third kappa shape index (κ3) is 4.31. The topological polar surface area (TPSA) is 58.1 Å². The summed E-state index contributed by atoms with van der Waals surface area (Å²) in [5.74, 6) is 0.499. The number of benzene rings is 1. The summed E-state index contributed by atoms with van der Waals surface area (Å²) in [4.78, 5) is 23.4. The Morgan fingerprint density at radius 2 is 2.07 bits per heavy atom. The zero-order valence-corrected chi connectivity index (χ0v) is 15.5. The Labute approximate surface area is 160 Å². The van der Waals surface area contributed by atoms with Crippen molar-refractivity contribution in [3.8, 4) is 10.6 Å². The summed E-state index contributed by atoms with van der Waals surface area (Å²) in [5, 5.41) is 5.38. The van der Waals surface area contributed by atoms with E-state index in [1.54, 1.807) is 18.3 Å². The largest absolute Gasteiger partial charge is 0.357 e. The first-order valence-corrected chi connectivity index (χ1v) is 9.76. The van der Waals surface area contributed by atoms with Crippen LogP contribution in [0.15, 0.2) is 48.0 Å². The monoisotopic (exact) mass is 382 g/mol. The molecular weight excluding hydrogens is 363 g/mol. The van der Waals surface area contributed by atoms with E-state index in [4.69, 9.17) is 0 Å². The molecule has 0 saturated carbocycles. The van der Waals surface area contributed by atoms with Crippen molar-refractivity contribution in [3.05, 3.63) is 59.5 Å². The number of halogens is 1. The lowest BCUT2D eigenvalue weighted by Crippen LogP contribution is -2.19. The maximum atomic E-state index is 13.3. The molecule has 27 heavy (non-hydrogen) atoms. The Morgan fingerprint density at radius 1 is 1.22 bits per heavy atom. The molecule has 2 aromatic heterocycles. The summed E-state index contributed by atoms with van der Waals surface area (Å²) in [6.07, 6.45) is 4.25. The van der Waals surface area contributed by atoms with Gasteiger partial charge < -0.3 is 10.2 Å². The summed E-state index contributed by atoms with van der Waals surface area (Å²) in [5.41, 5.74) is 2.05. The van der Waals surface area contributed by atoms with E-state index < -0.39 is 0 Å². The standard InChI is InChI=1S/C20H19FN4OS/c21-15-5-3-4-14(10-15)20-24-17(13-27-20)11-19(26)23-16-6-7-18(22-12-16)25-8-1-2-9-25/h3-7,10,12-13H,1-2,8-9,11H2,(H,23,26). The highest BCUT2D eigenvalue weighted by molar-refractivity contribution is 7.13. The van der Waals surface area contributed by atoms with Crippen LogP contribution < -0.4 is 10.2 Å². The lowest BCUT2D eigenvalue weighted by atomic mass is 10.2. The molecule has 1 fully saturated rings.